The van der Waals surface area contributed by atoms with Gasteiger partial charge in [-0.1, -0.05) is 11.6 Å². The predicted molar refractivity (Wildman–Crippen MR) is 59.7 cm³/mol. The van der Waals surface area contributed by atoms with Gasteiger partial charge in [-0.25, -0.2) is 4.98 Å². The first kappa shape index (κ1) is 12.7. The first-order valence-corrected chi connectivity index (χ1v) is 6.56. The van der Waals surface area contributed by atoms with Crippen molar-refractivity contribution in [1.29, 1.82) is 0 Å². The molecule has 0 amide bonds. The van der Waals surface area contributed by atoms with E-state index in [1.165, 1.54) is 6.20 Å². The molecule has 15 heavy (non-hydrogen) atoms. The molecule has 0 atom stereocenters. The minimum absolute atomic E-state index is 0.176. The van der Waals surface area contributed by atoms with Crippen molar-refractivity contribution in [2.75, 3.05) is 13.2 Å². The van der Waals surface area contributed by atoms with Crippen LogP contribution in [0.3, 0.4) is 0 Å². The number of pyridine rings is 1. The highest BCUT2D eigenvalue weighted by molar-refractivity contribution is 7.62. The van der Waals surface area contributed by atoms with E-state index in [2.05, 4.69) is 4.98 Å². The van der Waals surface area contributed by atoms with Gasteiger partial charge in [0.2, 0.25) is 0 Å². The van der Waals surface area contributed by atoms with Crippen LogP contribution in [0.5, 0.6) is 0 Å². The smallest absolute Gasteiger partial charge is 0.304 e. The van der Waals surface area contributed by atoms with Crippen molar-refractivity contribution in [2.24, 2.45) is 0 Å². The molecule has 6 heteroatoms. The molecule has 0 spiro atoms. The Morgan fingerprint density at radius 2 is 2.00 bits per heavy atom. The highest BCUT2D eigenvalue weighted by Crippen LogP contribution is 2.47. The molecule has 1 heterocycles. The van der Waals surface area contributed by atoms with Crippen LogP contribution in [0, 0.1) is 0 Å². The monoisotopic (exact) mass is 249 g/mol. The van der Waals surface area contributed by atoms with Gasteiger partial charge in [0.1, 0.15) is 0 Å². The zero-order valence-corrected chi connectivity index (χ0v) is 10.3. The van der Waals surface area contributed by atoms with Crippen LogP contribution in [-0.2, 0) is 13.6 Å². The lowest BCUT2D eigenvalue weighted by atomic mass is 10.5. The molecule has 84 valence electrons. The predicted octanol–water partition coefficient (Wildman–Crippen LogP) is 2.63. The summed E-state index contributed by atoms with van der Waals surface area (Å²) in [6, 6.07) is 3.27. The molecule has 0 fully saturated rings. The molecule has 0 unspecified atom stereocenters. The van der Waals surface area contributed by atoms with Gasteiger partial charge in [-0.3, -0.25) is 4.57 Å². The number of hydrogen-bond acceptors (Lipinski definition) is 4. The summed E-state index contributed by atoms with van der Waals surface area (Å²) in [6.07, 6.45) is 1.51. The Hall–Kier alpha value is -0.410. The lowest BCUT2D eigenvalue weighted by Gasteiger charge is -2.16. The minimum Gasteiger partial charge on any atom is -0.304 e. The van der Waals surface area contributed by atoms with Crippen molar-refractivity contribution < 1.29 is 13.6 Å². The van der Waals surface area contributed by atoms with E-state index in [0.29, 0.717) is 5.02 Å². The molecule has 0 aliphatic carbocycles. The van der Waals surface area contributed by atoms with E-state index in [0.717, 1.165) is 0 Å². The SMILES string of the molecule is CCOP(=O)(OCC)c1ncccc1Cl. The second kappa shape index (κ2) is 5.61. The van der Waals surface area contributed by atoms with Gasteiger partial charge in [0.05, 0.1) is 18.2 Å². The Bertz CT molecular complexity index is 362. The first-order valence-electron chi connectivity index (χ1n) is 4.64. The van der Waals surface area contributed by atoms with Crippen molar-refractivity contribution in [1.82, 2.24) is 4.98 Å². The molecular formula is C9H13ClNO3P. The molecule has 1 aromatic heterocycles. The number of nitrogens with zero attached hydrogens (tertiary/aromatic N) is 1. The van der Waals surface area contributed by atoms with Crippen LogP contribution in [0.1, 0.15) is 13.8 Å². The lowest BCUT2D eigenvalue weighted by molar-refractivity contribution is 0.229. The number of rotatable bonds is 5. The Labute approximate surface area is 94.1 Å². The van der Waals surface area contributed by atoms with Crippen LogP contribution in [0.4, 0.5) is 0 Å². The van der Waals surface area contributed by atoms with Crippen LogP contribution in [-0.4, -0.2) is 18.2 Å². The zero-order chi connectivity index (χ0) is 11.3. The summed E-state index contributed by atoms with van der Waals surface area (Å²) in [5.74, 6) is 0. The van der Waals surface area contributed by atoms with Crippen molar-refractivity contribution >= 4 is 24.6 Å². The van der Waals surface area contributed by atoms with Gasteiger partial charge in [0.25, 0.3) is 0 Å². The maximum Gasteiger partial charge on any atom is 0.381 e. The van der Waals surface area contributed by atoms with Gasteiger partial charge in [0, 0.05) is 6.20 Å². The average Bonchev–Trinajstić information content (AvgIpc) is 2.19. The third-order valence-corrected chi connectivity index (χ3v) is 4.10. The fourth-order valence-electron chi connectivity index (χ4n) is 1.08. The van der Waals surface area contributed by atoms with Crippen LogP contribution >= 0.6 is 19.2 Å². The van der Waals surface area contributed by atoms with Gasteiger partial charge < -0.3 is 9.05 Å². The van der Waals surface area contributed by atoms with E-state index < -0.39 is 7.60 Å². The highest BCUT2D eigenvalue weighted by Gasteiger charge is 2.30. The Balaban J connectivity index is 3.09. The standard InChI is InChI=1S/C9H13ClNO3P/c1-3-13-15(12,14-4-2)9-8(10)6-5-7-11-9/h5-7H,3-4H2,1-2H3. The molecule has 0 bridgehead atoms. The number of halogens is 1. The van der Waals surface area contributed by atoms with Gasteiger partial charge in [-0.15, -0.1) is 0 Å². The number of hydrogen-bond donors (Lipinski definition) is 0. The third-order valence-electron chi connectivity index (χ3n) is 1.60. The molecule has 0 radical (unpaired) electrons. The summed E-state index contributed by atoms with van der Waals surface area (Å²) in [4.78, 5) is 3.94. The van der Waals surface area contributed by atoms with Gasteiger partial charge in [-0.2, -0.15) is 0 Å². The molecule has 1 aromatic rings. The molecule has 0 saturated carbocycles. The topological polar surface area (TPSA) is 48.4 Å². The van der Waals surface area contributed by atoms with Gasteiger partial charge in [0.15, 0.2) is 5.44 Å². The normalized spacial score (nSPS) is 11.7. The molecule has 0 saturated heterocycles. The highest BCUT2D eigenvalue weighted by atomic mass is 35.5. The van der Waals surface area contributed by atoms with Gasteiger partial charge >= 0.3 is 7.60 Å². The maximum atomic E-state index is 12.2. The summed E-state index contributed by atoms with van der Waals surface area (Å²) in [5, 5.41) is 0.294. The lowest BCUT2D eigenvalue weighted by Crippen LogP contribution is -2.15. The van der Waals surface area contributed by atoms with Crippen LogP contribution in [0.15, 0.2) is 18.3 Å². The Morgan fingerprint density at radius 1 is 1.40 bits per heavy atom. The summed E-state index contributed by atoms with van der Waals surface area (Å²) >= 11 is 5.89. The van der Waals surface area contributed by atoms with E-state index in [4.69, 9.17) is 20.6 Å². The fraction of sp³-hybridized carbons (Fsp3) is 0.444. The second-order valence-corrected chi connectivity index (χ2v) is 4.98. The average molecular weight is 250 g/mol. The van der Waals surface area contributed by atoms with Crippen LogP contribution in [0.2, 0.25) is 5.02 Å². The summed E-state index contributed by atoms with van der Waals surface area (Å²) < 4.78 is 22.5. The van der Waals surface area contributed by atoms with Crippen LogP contribution in [0.25, 0.3) is 0 Å². The first-order chi connectivity index (χ1) is 7.14. The summed E-state index contributed by atoms with van der Waals surface area (Å²) in [5.41, 5.74) is 0.176. The Morgan fingerprint density at radius 3 is 2.47 bits per heavy atom. The fourth-order valence-corrected chi connectivity index (χ4v) is 3.05. The summed E-state index contributed by atoms with van der Waals surface area (Å²) in [6.45, 7) is 4.04. The second-order valence-electron chi connectivity index (χ2n) is 2.64. The minimum atomic E-state index is -3.35. The largest absolute Gasteiger partial charge is 0.381 e. The van der Waals surface area contributed by atoms with Gasteiger partial charge in [-0.05, 0) is 26.0 Å². The van der Waals surface area contributed by atoms with E-state index in [9.17, 15) is 4.57 Å². The van der Waals surface area contributed by atoms with Crippen LogP contribution < -0.4 is 5.44 Å². The molecule has 0 aliphatic heterocycles. The molecule has 4 nitrogen and oxygen atoms in total. The quantitative estimate of drug-likeness (QED) is 0.753. The van der Waals surface area contributed by atoms with E-state index in [1.54, 1.807) is 26.0 Å². The maximum absolute atomic E-state index is 12.2. The van der Waals surface area contributed by atoms with E-state index in [-0.39, 0.29) is 18.6 Å². The zero-order valence-electron chi connectivity index (χ0n) is 8.64. The molecule has 0 aliphatic rings. The Kier molecular flexibility index (Phi) is 4.74. The van der Waals surface area contributed by atoms with Crippen molar-refractivity contribution in [3.05, 3.63) is 23.4 Å². The molecule has 1 rings (SSSR count). The summed E-state index contributed by atoms with van der Waals surface area (Å²) in [7, 11) is -3.35. The van der Waals surface area contributed by atoms with Crippen molar-refractivity contribution in [3.63, 3.8) is 0 Å². The van der Waals surface area contributed by atoms with E-state index >= 15 is 0 Å². The van der Waals surface area contributed by atoms with Crippen molar-refractivity contribution in [2.45, 2.75) is 13.8 Å². The van der Waals surface area contributed by atoms with E-state index in [1.807, 2.05) is 0 Å². The number of aromatic nitrogens is 1. The van der Waals surface area contributed by atoms with Crippen molar-refractivity contribution in [3.8, 4) is 0 Å². The third kappa shape index (κ3) is 3.02. The molecule has 0 N–H and O–H groups in total. The molecule has 0 aromatic carbocycles. The molecular weight excluding hydrogens is 237 g/mol.